The zero-order valence-corrected chi connectivity index (χ0v) is 25.2. The lowest BCUT2D eigenvalue weighted by Gasteiger charge is -2.40. The number of aliphatic hydroxyl groups excluding tert-OH is 6. The maximum atomic E-state index is 10.9. The van der Waals surface area contributed by atoms with E-state index in [9.17, 15) is 35.7 Å². The molecule has 45 heavy (non-hydrogen) atoms. The van der Waals surface area contributed by atoms with Gasteiger partial charge in [0.15, 0.2) is 17.8 Å². The number of benzene rings is 2. The Morgan fingerprint density at radius 1 is 0.756 bits per heavy atom. The number of fused-ring (bicyclic) bond motifs is 5. The number of aromatic hydroxyl groups is 1. The summed E-state index contributed by atoms with van der Waals surface area (Å²) in [5, 5.41) is 72.7. The van der Waals surface area contributed by atoms with Crippen LogP contribution in [-0.2, 0) is 27.1 Å². The average molecular weight is 635 g/mol. The lowest BCUT2D eigenvalue weighted by atomic mass is 9.95. The van der Waals surface area contributed by atoms with E-state index in [-0.39, 0.29) is 23.0 Å². The first-order valence-electron chi connectivity index (χ1n) is 15.0. The zero-order chi connectivity index (χ0) is 32.2. The number of hydrogen-bond acceptors (Lipinski definition) is 13. The molecular weight excluding hydrogens is 592 g/mol. The van der Waals surface area contributed by atoms with Gasteiger partial charge in [-0.15, -0.1) is 0 Å². The van der Waals surface area contributed by atoms with Crippen LogP contribution in [-0.4, -0.2) is 118 Å². The van der Waals surface area contributed by atoms with Gasteiger partial charge < -0.3 is 64.2 Å². The third-order valence-electron chi connectivity index (χ3n) is 8.44. The SMILES string of the molecule is COc1c2cc(c(O[C@@H]3O[C@H](CO[C@@H]4O[C@@H](CO)[C@H](O)[C@H]4O)[C@@H](O)[C@H](O)[C@H]3O)c1OC)CCCCC=CCc1ccc(O)c-2c1. The van der Waals surface area contributed by atoms with Crippen molar-refractivity contribution in [3.05, 3.63) is 47.5 Å². The van der Waals surface area contributed by atoms with Crippen LogP contribution < -0.4 is 14.2 Å². The third kappa shape index (κ3) is 6.92. The number of ether oxygens (including phenoxy) is 6. The van der Waals surface area contributed by atoms with Gasteiger partial charge in [-0.1, -0.05) is 18.2 Å². The highest BCUT2D eigenvalue weighted by molar-refractivity contribution is 5.81. The summed E-state index contributed by atoms with van der Waals surface area (Å²) in [7, 11) is 2.89. The fourth-order valence-electron chi connectivity index (χ4n) is 5.88. The minimum absolute atomic E-state index is 0.0535. The number of rotatable bonds is 8. The molecule has 2 heterocycles. The standard InChI is InChI=1S/C32H42O13/c1-40-29-19-13-17(9-7-5-3-4-6-8-16-10-11-20(34)18(19)12-16)28(30(29)41-2)45-32-27(39)25(37)24(36)22(44-32)15-42-31-26(38)23(35)21(14-33)43-31/h4,6,10-13,21-27,31-39H,3,5,7-9,14-15H2,1-2H3/t21-,22+,23-,24+,25-,26+,27+,31+,32-/m0/s1. The maximum Gasteiger partial charge on any atom is 0.229 e. The summed E-state index contributed by atoms with van der Waals surface area (Å²) < 4.78 is 34.5. The van der Waals surface area contributed by atoms with Crippen LogP contribution in [0.25, 0.3) is 11.1 Å². The second kappa shape index (κ2) is 14.6. The molecule has 0 amide bonds. The van der Waals surface area contributed by atoms with E-state index in [0.717, 1.165) is 24.8 Å². The fourth-order valence-corrected chi connectivity index (χ4v) is 5.88. The van der Waals surface area contributed by atoms with Gasteiger partial charge in [0.25, 0.3) is 0 Å². The first-order chi connectivity index (χ1) is 21.7. The van der Waals surface area contributed by atoms with E-state index in [1.54, 1.807) is 6.07 Å². The Morgan fingerprint density at radius 2 is 1.47 bits per heavy atom. The predicted molar refractivity (Wildman–Crippen MR) is 158 cm³/mol. The van der Waals surface area contributed by atoms with Crippen molar-refractivity contribution >= 4 is 0 Å². The third-order valence-corrected chi connectivity index (χ3v) is 8.44. The van der Waals surface area contributed by atoms with Gasteiger partial charge >= 0.3 is 0 Å². The molecule has 13 heteroatoms. The lowest BCUT2D eigenvalue weighted by Crippen LogP contribution is -2.60. The molecule has 0 spiro atoms. The Labute approximate surface area is 260 Å². The van der Waals surface area contributed by atoms with Crippen molar-refractivity contribution in [3.8, 4) is 34.1 Å². The van der Waals surface area contributed by atoms with E-state index in [0.29, 0.717) is 29.5 Å². The number of phenolic OH excluding ortho intramolecular Hbond substituents is 1. The van der Waals surface area contributed by atoms with Crippen LogP contribution in [0, 0.1) is 0 Å². The highest BCUT2D eigenvalue weighted by atomic mass is 16.7. The normalized spacial score (nSPS) is 31.9. The molecule has 7 N–H and O–H groups in total. The second-order valence-electron chi connectivity index (χ2n) is 11.4. The van der Waals surface area contributed by atoms with E-state index >= 15 is 0 Å². The topological polar surface area (TPSA) is 197 Å². The van der Waals surface area contributed by atoms with Gasteiger partial charge in [-0.3, -0.25) is 0 Å². The number of aliphatic hydroxyl groups is 6. The molecule has 3 aliphatic rings. The molecule has 2 aromatic rings. The van der Waals surface area contributed by atoms with Gasteiger partial charge in [-0.25, -0.2) is 0 Å². The van der Waals surface area contributed by atoms with Gasteiger partial charge in [0, 0.05) is 11.1 Å². The molecule has 1 aliphatic carbocycles. The molecular formula is C32H42O13. The smallest absolute Gasteiger partial charge is 0.229 e. The number of aryl methyl sites for hydroxylation is 1. The first kappa shape index (κ1) is 33.4. The first-order valence-corrected chi connectivity index (χ1v) is 15.0. The Balaban J connectivity index is 1.46. The van der Waals surface area contributed by atoms with Gasteiger partial charge in [-0.05, 0) is 61.4 Å². The Kier molecular flexibility index (Phi) is 10.9. The van der Waals surface area contributed by atoms with Crippen LogP contribution in [0.1, 0.15) is 30.4 Å². The van der Waals surface area contributed by atoms with E-state index < -0.39 is 68.5 Å². The molecule has 13 nitrogen and oxygen atoms in total. The number of phenols is 1. The molecule has 9 atom stereocenters. The molecule has 248 valence electrons. The van der Waals surface area contributed by atoms with E-state index in [4.69, 9.17) is 28.4 Å². The minimum atomic E-state index is -1.70. The van der Waals surface area contributed by atoms with Gasteiger partial charge in [0.1, 0.15) is 48.5 Å². The molecule has 0 saturated carbocycles. The fraction of sp³-hybridized carbons (Fsp3) is 0.562. The summed E-state index contributed by atoms with van der Waals surface area (Å²) >= 11 is 0. The predicted octanol–water partition coefficient (Wildman–Crippen LogP) is 0.543. The minimum Gasteiger partial charge on any atom is -0.507 e. The largest absolute Gasteiger partial charge is 0.507 e. The zero-order valence-electron chi connectivity index (χ0n) is 25.2. The molecule has 2 aromatic carbocycles. The van der Waals surface area contributed by atoms with Crippen LogP contribution in [0.2, 0.25) is 0 Å². The van der Waals surface area contributed by atoms with Gasteiger partial charge in [0.05, 0.1) is 27.4 Å². The molecule has 2 saturated heterocycles. The second-order valence-corrected chi connectivity index (χ2v) is 11.4. The summed E-state index contributed by atoms with van der Waals surface area (Å²) in [6.07, 6.45) is -5.02. The average Bonchev–Trinajstić information content (AvgIpc) is 3.32. The van der Waals surface area contributed by atoms with Crippen molar-refractivity contribution in [1.29, 1.82) is 0 Å². The molecule has 5 rings (SSSR count). The number of methoxy groups -OCH3 is 2. The molecule has 2 aliphatic heterocycles. The quantitative estimate of drug-likeness (QED) is 0.199. The Morgan fingerprint density at radius 3 is 2.18 bits per heavy atom. The number of allylic oxidation sites excluding steroid dienone is 2. The van der Waals surface area contributed by atoms with Crippen molar-refractivity contribution in [1.82, 2.24) is 0 Å². The van der Waals surface area contributed by atoms with Gasteiger partial charge in [0.2, 0.25) is 12.0 Å². The van der Waals surface area contributed by atoms with Crippen molar-refractivity contribution in [3.63, 3.8) is 0 Å². The van der Waals surface area contributed by atoms with E-state index in [2.05, 4.69) is 12.2 Å². The van der Waals surface area contributed by atoms with Crippen molar-refractivity contribution in [2.45, 2.75) is 87.4 Å². The van der Waals surface area contributed by atoms with Crippen LogP contribution in [0.5, 0.6) is 23.0 Å². The van der Waals surface area contributed by atoms with Gasteiger partial charge in [-0.2, -0.15) is 0 Å². The van der Waals surface area contributed by atoms with Crippen LogP contribution >= 0.6 is 0 Å². The highest BCUT2D eigenvalue weighted by Crippen LogP contribution is 2.50. The van der Waals surface area contributed by atoms with Crippen molar-refractivity contribution < 1.29 is 64.2 Å². The maximum absolute atomic E-state index is 10.9. The van der Waals surface area contributed by atoms with Crippen molar-refractivity contribution in [2.75, 3.05) is 27.4 Å². The van der Waals surface area contributed by atoms with Crippen LogP contribution in [0.4, 0.5) is 0 Å². The van der Waals surface area contributed by atoms with Crippen molar-refractivity contribution in [2.24, 2.45) is 0 Å². The van der Waals surface area contributed by atoms with E-state index in [1.165, 1.54) is 14.2 Å². The Hall–Kier alpha value is -2.98. The number of hydrogen-bond donors (Lipinski definition) is 7. The lowest BCUT2D eigenvalue weighted by molar-refractivity contribution is -0.290. The highest BCUT2D eigenvalue weighted by Gasteiger charge is 2.48. The molecule has 4 bridgehead atoms. The van der Waals surface area contributed by atoms with Crippen LogP contribution in [0.15, 0.2) is 36.4 Å². The summed E-state index contributed by atoms with van der Waals surface area (Å²) in [5.74, 6) is 0.690. The summed E-state index contributed by atoms with van der Waals surface area (Å²) in [4.78, 5) is 0. The molecule has 0 radical (unpaired) electrons. The summed E-state index contributed by atoms with van der Waals surface area (Å²) in [6.45, 7) is -0.970. The molecule has 0 unspecified atom stereocenters. The summed E-state index contributed by atoms with van der Waals surface area (Å²) in [6, 6.07) is 7.22. The van der Waals surface area contributed by atoms with Crippen LogP contribution in [0.3, 0.4) is 0 Å². The van der Waals surface area contributed by atoms with E-state index in [1.807, 2.05) is 18.2 Å². The Bertz CT molecular complexity index is 1330. The summed E-state index contributed by atoms with van der Waals surface area (Å²) in [5.41, 5.74) is 2.78. The molecule has 0 aromatic heterocycles. The molecule has 2 fully saturated rings. The monoisotopic (exact) mass is 634 g/mol.